The van der Waals surface area contributed by atoms with Crippen LogP contribution < -0.4 is 10.2 Å². The summed E-state index contributed by atoms with van der Waals surface area (Å²) in [6.45, 7) is 5.78. The van der Waals surface area contributed by atoms with Gasteiger partial charge in [0, 0.05) is 31.9 Å². The summed E-state index contributed by atoms with van der Waals surface area (Å²) in [6, 6.07) is 2.63. The zero-order valence-corrected chi connectivity index (χ0v) is 11.7. The van der Waals surface area contributed by atoms with E-state index in [1.807, 2.05) is 11.0 Å². The Hall–Kier alpha value is -1.10. The third kappa shape index (κ3) is 4.20. The number of rotatable bonds is 8. The summed E-state index contributed by atoms with van der Waals surface area (Å²) in [7, 11) is 0. The van der Waals surface area contributed by atoms with E-state index in [1.54, 1.807) is 12.3 Å². The van der Waals surface area contributed by atoms with Crippen LogP contribution in [-0.4, -0.2) is 35.8 Å². The van der Waals surface area contributed by atoms with Gasteiger partial charge in [0.25, 0.3) is 0 Å². The first-order valence-corrected chi connectivity index (χ1v) is 6.97. The number of hydrogen-bond acceptors (Lipinski definition) is 4. The minimum Gasteiger partial charge on any atom is -0.395 e. The fourth-order valence-electron chi connectivity index (χ4n) is 1.89. The molecule has 2 rings (SSSR count). The molecule has 5 heteroatoms. The summed E-state index contributed by atoms with van der Waals surface area (Å²) < 4.78 is 0. The summed E-state index contributed by atoms with van der Waals surface area (Å²) in [4.78, 5) is 6.30. The van der Waals surface area contributed by atoms with E-state index in [1.165, 1.54) is 12.8 Å². The summed E-state index contributed by atoms with van der Waals surface area (Å²) in [5.41, 5.74) is 1.05. The highest BCUT2D eigenvalue weighted by atomic mass is 35.5. The van der Waals surface area contributed by atoms with E-state index in [0.717, 1.165) is 17.9 Å². The second kappa shape index (κ2) is 6.89. The summed E-state index contributed by atoms with van der Waals surface area (Å²) in [5.74, 6) is 0.825. The molecule has 4 nitrogen and oxygen atoms in total. The highest BCUT2D eigenvalue weighted by Crippen LogP contribution is 2.23. The first-order chi connectivity index (χ1) is 9.24. The molecule has 19 heavy (non-hydrogen) atoms. The molecule has 0 aromatic carbocycles. The molecule has 0 amide bonds. The smallest absolute Gasteiger partial charge is 0.129 e. The zero-order valence-electron chi connectivity index (χ0n) is 11.0. The van der Waals surface area contributed by atoms with Crippen molar-refractivity contribution in [2.45, 2.75) is 25.4 Å². The number of hydrogen-bond donors (Lipinski definition) is 2. The number of pyridine rings is 1. The molecule has 0 saturated heterocycles. The maximum atomic E-state index is 9.09. The van der Waals surface area contributed by atoms with Crippen molar-refractivity contribution in [1.29, 1.82) is 0 Å². The lowest BCUT2D eigenvalue weighted by Crippen LogP contribution is -2.28. The standard InChI is InChI=1S/C14H20ClN3O/c1-2-5-18(6-7-19)14-8-11(13(15)10-17-14)9-16-12-3-4-12/h2,8,10,12,16,19H,1,3-7,9H2. The third-order valence-corrected chi connectivity index (χ3v) is 3.46. The van der Waals surface area contributed by atoms with Gasteiger partial charge in [-0.2, -0.15) is 0 Å². The molecule has 1 heterocycles. The van der Waals surface area contributed by atoms with Crippen molar-refractivity contribution < 1.29 is 5.11 Å². The van der Waals surface area contributed by atoms with Crippen molar-refractivity contribution in [3.63, 3.8) is 0 Å². The van der Waals surface area contributed by atoms with Gasteiger partial charge in [-0.15, -0.1) is 6.58 Å². The Bertz CT molecular complexity index is 435. The summed E-state index contributed by atoms with van der Waals surface area (Å²) in [5, 5.41) is 13.2. The van der Waals surface area contributed by atoms with Crippen LogP contribution in [-0.2, 0) is 6.54 Å². The Labute approximate surface area is 119 Å². The van der Waals surface area contributed by atoms with Crippen LogP contribution in [0, 0.1) is 0 Å². The van der Waals surface area contributed by atoms with Crippen molar-refractivity contribution in [3.05, 3.63) is 35.5 Å². The van der Waals surface area contributed by atoms with Crippen LogP contribution in [0.25, 0.3) is 0 Å². The van der Waals surface area contributed by atoms with Crippen molar-refractivity contribution in [2.24, 2.45) is 0 Å². The number of aliphatic hydroxyl groups is 1. The lowest BCUT2D eigenvalue weighted by atomic mass is 10.2. The zero-order chi connectivity index (χ0) is 13.7. The molecule has 2 N–H and O–H groups in total. The van der Waals surface area contributed by atoms with Gasteiger partial charge in [-0.05, 0) is 24.5 Å². The van der Waals surface area contributed by atoms with Gasteiger partial charge >= 0.3 is 0 Å². The van der Waals surface area contributed by atoms with E-state index in [0.29, 0.717) is 24.2 Å². The molecule has 104 valence electrons. The average molecular weight is 282 g/mol. The number of aromatic nitrogens is 1. The molecule has 0 spiro atoms. The van der Waals surface area contributed by atoms with E-state index in [4.69, 9.17) is 16.7 Å². The number of anilines is 1. The van der Waals surface area contributed by atoms with Crippen LogP contribution in [0.1, 0.15) is 18.4 Å². The number of halogens is 1. The highest BCUT2D eigenvalue weighted by Gasteiger charge is 2.20. The maximum absolute atomic E-state index is 9.09. The van der Waals surface area contributed by atoms with Crippen LogP contribution in [0.15, 0.2) is 24.9 Å². The van der Waals surface area contributed by atoms with Gasteiger partial charge in [0.2, 0.25) is 0 Å². The van der Waals surface area contributed by atoms with Gasteiger partial charge in [0.1, 0.15) is 5.82 Å². The Morgan fingerprint density at radius 1 is 1.58 bits per heavy atom. The Morgan fingerprint density at radius 2 is 2.37 bits per heavy atom. The van der Waals surface area contributed by atoms with Crippen LogP contribution >= 0.6 is 11.6 Å². The van der Waals surface area contributed by atoms with Gasteiger partial charge in [0.15, 0.2) is 0 Å². The average Bonchev–Trinajstić information content (AvgIpc) is 3.22. The first-order valence-electron chi connectivity index (χ1n) is 6.59. The molecule has 1 aliphatic rings. The number of nitrogens with one attached hydrogen (secondary N) is 1. The van der Waals surface area contributed by atoms with E-state index in [-0.39, 0.29) is 6.61 Å². The first kappa shape index (κ1) is 14.3. The number of aliphatic hydroxyl groups excluding tert-OH is 1. The molecule has 1 aliphatic carbocycles. The second-order valence-corrected chi connectivity index (χ2v) is 5.15. The molecule has 1 aromatic rings. The molecule has 0 bridgehead atoms. The summed E-state index contributed by atoms with van der Waals surface area (Å²) >= 11 is 6.17. The van der Waals surface area contributed by atoms with Crippen molar-refractivity contribution >= 4 is 17.4 Å². The van der Waals surface area contributed by atoms with Gasteiger partial charge in [-0.1, -0.05) is 17.7 Å². The predicted molar refractivity (Wildman–Crippen MR) is 78.6 cm³/mol. The maximum Gasteiger partial charge on any atom is 0.129 e. The molecule has 1 saturated carbocycles. The van der Waals surface area contributed by atoms with Crippen LogP contribution in [0.3, 0.4) is 0 Å². The fourth-order valence-corrected chi connectivity index (χ4v) is 2.06. The molecule has 0 atom stereocenters. The second-order valence-electron chi connectivity index (χ2n) is 4.75. The van der Waals surface area contributed by atoms with Crippen LogP contribution in [0.4, 0.5) is 5.82 Å². The molecule has 0 unspecified atom stereocenters. The van der Waals surface area contributed by atoms with Crippen molar-refractivity contribution in [1.82, 2.24) is 10.3 Å². The Balaban J connectivity index is 2.09. The molecule has 0 aliphatic heterocycles. The van der Waals surface area contributed by atoms with Gasteiger partial charge in [0.05, 0.1) is 11.6 Å². The Kier molecular flexibility index (Phi) is 5.19. The van der Waals surface area contributed by atoms with Crippen molar-refractivity contribution in [2.75, 3.05) is 24.6 Å². The SMILES string of the molecule is C=CCN(CCO)c1cc(CNC2CC2)c(Cl)cn1. The van der Waals surface area contributed by atoms with Crippen LogP contribution in [0.5, 0.6) is 0 Å². The van der Waals surface area contributed by atoms with Crippen LogP contribution in [0.2, 0.25) is 5.02 Å². The topological polar surface area (TPSA) is 48.4 Å². The van der Waals surface area contributed by atoms with E-state index < -0.39 is 0 Å². The highest BCUT2D eigenvalue weighted by molar-refractivity contribution is 6.31. The normalized spacial score (nSPS) is 14.4. The molecule has 1 fully saturated rings. The molecule has 1 aromatic heterocycles. The largest absolute Gasteiger partial charge is 0.395 e. The minimum absolute atomic E-state index is 0.0911. The Morgan fingerprint density at radius 3 is 3.00 bits per heavy atom. The lowest BCUT2D eigenvalue weighted by Gasteiger charge is -2.22. The lowest BCUT2D eigenvalue weighted by molar-refractivity contribution is 0.302. The number of nitrogens with zero attached hydrogens (tertiary/aromatic N) is 2. The van der Waals surface area contributed by atoms with Gasteiger partial charge in [-0.25, -0.2) is 4.98 Å². The van der Waals surface area contributed by atoms with E-state index in [2.05, 4.69) is 16.9 Å². The molecular formula is C14H20ClN3O. The van der Waals surface area contributed by atoms with E-state index >= 15 is 0 Å². The quantitative estimate of drug-likeness (QED) is 0.716. The van der Waals surface area contributed by atoms with E-state index in [9.17, 15) is 0 Å². The third-order valence-electron chi connectivity index (χ3n) is 3.12. The fraction of sp³-hybridized carbons (Fsp3) is 0.500. The molecule has 0 radical (unpaired) electrons. The minimum atomic E-state index is 0.0911. The molecular weight excluding hydrogens is 262 g/mol. The van der Waals surface area contributed by atoms with Gasteiger partial charge < -0.3 is 15.3 Å². The summed E-state index contributed by atoms with van der Waals surface area (Å²) in [6.07, 6.45) is 5.98. The van der Waals surface area contributed by atoms with Gasteiger partial charge in [-0.3, -0.25) is 0 Å². The predicted octanol–water partition coefficient (Wildman–Crippen LogP) is 1.97. The monoisotopic (exact) mass is 281 g/mol. The van der Waals surface area contributed by atoms with Crippen molar-refractivity contribution in [3.8, 4) is 0 Å².